The van der Waals surface area contributed by atoms with Gasteiger partial charge in [-0.25, -0.2) is 0 Å². The molecule has 0 radical (unpaired) electrons. The summed E-state index contributed by atoms with van der Waals surface area (Å²) < 4.78 is 0. The molecule has 78 valence electrons. The Bertz CT molecular complexity index is 376. The quantitative estimate of drug-likeness (QED) is 0.736. The number of hydrogen-bond acceptors (Lipinski definition) is 1. The monoisotopic (exact) mass is 201 g/mol. The molecule has 0 N–H and O–H groups in total. The highest BCUT2D eigenvalue weighted by Crippen LogP contribution is 2.26. The number of rotatable bonds is 3. The van der Waals surface area contributed by atoms with Crippen molar-refractivity contribution >= 4 is 12.0 Å². The van der Waals surface area contributed by atoms with Crippen molar-refractivity contribution in [2.45, 2.75) is 18.9 Å². The second kappa shape index (κ2) is 3.89. The number of benzene rings is 1. The lowest BCUT2D eigenvalue weighted by atomic mass is 10.1. The average molecular weight is 201 g/mol. The summed E-state index contributed by atoms with van der Waals surface area (Å²) in [6.07, 6.45) is 4.07. The summed E-state index contributed by atoms with van der Waals surface area (Å²) in [6.45, 7) is 3.68. The van der Waals surface area contributed by atoms with Crippen molar-refractivity contribution in [1.82, 2.24) is 4.90 Å². The van der Waals surface area contributed by atoms with Crippen LogP contribution in [0.1, 0.15) is 28.8 Å². The van der Waals surface area contributed by atoms with E-state index < -0.39 is 0 Å². The zero-order valence-electron chi connectivity index (χ0n) is 8.94. The Morgan fingerprint density at radius 3 is 2.47 bits per heavy atom. The van der Waals surface area contributed by atoms with E-state index in [0.29, 0.717) is 6.04 Å². The van der Waals surface area contributed by atoms with Gasteiger partial charge in [-0.3, -0.25) is 4.79 Å². The summed E-state index contributed by atoms with van der Waals surface area (Å²) >= 11 is 0. The van der Waals surface area contributed by atoms with Crippen molar-refractivity contribution < 1.29 is 4.79 Å². The minimum atomic E-state index is 0.119. The summed E-state index contributed by atoms with van der Waals surface area (Å²) in [5.74, 6) is 0.119. The Kier molecular flexibility index (Phi) is 2.58. The van der Waals surface area contributed by atoms with Gasteiger partial charge >= 0.3 is 0 Å². The Morgan fingerprint density at radius 2 is 2.00 bits per heavy atom. The largest absolute Gasteiger partial charge is 0.339 e. The Morgan fingerprint density at radius 1 is 1.40 bits per heavy atom. The Hall–Kier alpha value is -1.57. The smallest absolute Gasteiger partial charge is 0.253 e. The molecule has 0 heterocycles. The first-order chi connectivity index (χ1) is 7.22. The van der Waals surface area contributed by atoms with E-state index in [0.717, 1.165) is 24.0 Å². The Labute approximate surface area is 90.2 Å². The van der Waals surface area contributed by atoms with Gasteiger partial charge in [-0.15, -0.1) is 0 Å². The molecule has 0 spiro atoms. The lowest BCUT2D eigenvalue weighted by Gasteiger charge is -2.16. The van der Waals surface area contributed by atoms with Gasteiger partial charge in [0, 0.05) is 18.7 Å². The van der Waals surface area contributed by atoms with Gasteiger partial charge in [0.25, 0.3) is 5.91 Å². The van der Waals surface area contributed by atoms with Gasteiger partial charge in [-0.05, 0) is 30.5 Å². The van der Waals surface area contributed by atoms with Crippen LogP contribution in [0.15, 0.2) is 30.8 Å². The molecule has 0 saturated heterocycles. The van der Waals surface area contributed by atoms with Crippen LogP contribution in [0.4, 0.5) is 0 Å². The molecule has 0 atom stereocenters. The fraction of sp³-hybridized carbons (Fsp3) is 0.308. The molecule has 1 aromatic carbocycles. The van der Waals surface area contributed by atoms with Crippen LogP contribution in [0.2, 0.25) is 0 Å². The molecule has 1 aliphatic carbocycles. The van der Waals surface area contributed by atoms with Crippen molar-refractivity contribution in [1.29, 1.82) is 0 Å². The van der Waals surface area contributed by atoms with Gasteiger partial charge in [0.2, 0.25) is 0 Å². The molecular formula is C13H15NO. The van der Waals surface area contributed by atoms with Crippen LogP contribution in [-0.2, 0) is 0 Å². The number of hydrogen-bond donors (Lipinski definition) is 0. The third-order valence-corrected chi connectivity index (χ3v) is 2.81. The van der Waals surface area contributed by atoms with Crippen LogP contribution in [0, 0.1) is 0 Å². The first kappa shape index (κ1) is 9.97. The summed E-state index contributed by atoms with van der Waals surface area (Å²) in [4.78, 5) is 13.8. The first-order valence-electron chi connectivity index (χ1n) is 5.22. The molecule has 1 aliphatic rings. The zero-order chi connectivity index (χ0) is 10.8. The minimum absolute atomic E-state index is 0.119. The Balaban J connectivity index is 2.14. The molecule has 0 aromatic heterocycles. The number of amides is 1. The van der Waals surface area contributed by atoms with Gasteiger partial charge < -0.3 is 4.90 Å². The maximum absolute atomic E-state index is 11.9. The van der Waals surface area contributed by atoms with Gasteiger partial charge in [-0.1, -0.05) is 24.8 Å². The number of carbonyl (C=O) groups excluding carboxylic acids is 1. The van der Waals surface area contributed by atoms with Gasteiger partial charge in [0.05, 0.1) is 0 Å². The third-order valence-electron chi connectivity index (χ3n) is 2.81. The maximum Gasteiger partial charge on any atom is 0.253 e. The zero-order valence-corrected chi connectivity index (χ0v) is 8.94. The van der Waals surface area contributed by atoms with E-state index in [-0.39, 0.29) is 5.91 Å². The molecule has 15 heavy (non-hydrogen) atoms. The topological polar surface area (TPSA) is 20.3 Å². The lowest BCUT2D eigenvalue weighted by molar-refractivity contribution is 0.0785. The van der Waals surface area contributed by atoms with Crippen LogP contribution in [0.3, 0.4) is 0 Å². The molecule has 2 heteroatoms. The van der Waals surface area contributed by atoms with E-state index in [1.165, 1.54) is 0 Å². The highest BCUT2D eigenvalue weighted by Gasteiger charge is 2.29. The SMILES string of the molecule is C=Cc1ccc(C(=O)N(C)C2CC2)cc1. The molecule has 0 aliphatic heterocycles. The van der Waals surface area contributed by atoms with E-state index in [4.69, 9.17) is 0 Å². The van der Waals surface area contributed by atoms with Gasteiger partial charge in [0.1, 0.15) is 0 Å². The minimum Gasteiger partial charge on any atom is -0.339 e. The molecule has 1 amide bonds. The fourth-order valence-corrected chi connectivity index (χ4v) is 1.59. The standard InChI is InChI=1S/C13H15NO/c1-3-10-4-6-11(7-5-10)13(15)14(2)12-8-9-12/h3-7,12H,1,8-9H2,2H3. The van der Waals surface area contributed by atoms with E-state index in [9.17, 15) is 4.79 Å². The second-order valence-corrected chi connectivity index (χ2v) is 3.97. The van der Waals surface area contributed by atoms with Crippen molar-refractivity contribution in [3.8, 4) is 0 Å². The molecule has 1 aromatic rings. The highest BCUT2D eigenvalue weighted by molar-refractivity contribution is 5.94. The maximum atomic E-state index is 11.9. The normalized spacial score (nSPS) is 14.7. The first-order valence-corrected chi connectivity index (χ1v) is 5.22. The van der Waals surface area contributed by atoms with Crippen molar-refractivity contribution in [2.75, 3.05) is 7.05 Å². The average Bonchev–Trinajstić information content (AvgIpc) is 3.11. The van der Waals surface area contributed by atoms with E-state index >= 15 is 0 Å². The van der Waals surface area contributed by atoms with E-state index in [1.807, 2.05) is 36.2 Å². The summed E-state index contributed by atoms with van der Waals surface area (Å²) in [5.41, 5.74) is 1.80. The molecule has 1 fully saturated rings. The van der Waals surface area contributed by atoms with Crippen molar-refractivity contribution in [3.63, 3.8) is 0 Å². The van der Waals surface area contributed by atoms with Crippen LogP contribution in [-0.4, -0.2) is 23.9 Å². The number of carbonyl (C=O) groups is 1. The molecule has 2 rings (SSSR count). The third kappa shape index (κ3) is 2.09. The summed E-state index contributed by atoms with van der Waals surface area (Å²) in [5, 5.41) is 0. The highest BCUT2D eigenvalue weighted by atomic mass is 16.2. The number of nitrogens with zero attached hydrogens (tertiary/aromatic N) is 1. The molecule has 1 saturated carbocycles. The van der Waals surface area contributed by atoms with Crippen molar-refractivity contribution in [2.24, 2.45) is 0 Å². The van der Waals surface area contributed by atoms with Crippen LogP contribution in [0.5, 0.6) is 0 Å². The lowest BCUT2D eigenvalue weighted by Crippen LogP contribution is -2.28. The fourth-order valence-electron chi connectivity index (χ4n) is 1.59. The molecule has 2 nitrogen and oxygen atoms in total. The molecule has 0 bridgehead atoms. The molecule has 0 unspecified atom stereocenters. The predicted octanol–water partition coefficient (Wildman–Crippen LogP) is 2.56. The van der Waals surface area contributed by atoms with Crippen molar-refractivity contribution in [3.05, 3.63) is 42.0 Å². The predicted molar refractivity (Wildman–Crippen MR) is 61.6 cm³/mol. The summed E-state index contributed by atoms with van der Waals surface area (Å²) in [7, 11) is 1.88. The van der Waals surface area contributed by atoms with E-state index in [2.05, 4.69) is 6.58 Å². The van der Waals surface area contributed by atoms with Gasteiger partial charge in [0.15, 0.2) is 0 Å². The van der Waals surface area contributed by atoms with E-state index in [1.54, 1.807) is 6.08 Å². The van der Waals surface area contributed by atoms with Gasteiger partial charge in [-0.2, -0.15) is 0 Å². The van der Waals surface area contributed by atoms with Crippen LogP contribution >= 0.6 is 0 Å². The van der Waals surface area contributed by atoms with Crippen LogP contribution in [0.25, 0.3) is 6.08 Å². The molecular weight excluding hydrogens is 186 g/mol. The summed E-state index contributed by atoms with van der Waals surface area (Å²) in [6, 6.07) is 8.02. The second-order valence-electron chi connectivity index (χ2n) is 3.97. The van der Waals surface area contributed by atoms with Crippen LogP contribution < -0.4 is 0 Å².